The third-order valence-electron chi connectivity index (χ3n) is 7.76. The first kappa shape index (κ1) is 25.8. The molecule has 0 radical (unpaired) electrons. The SMILES string of the molecule is CCC(C)(C)C(=O)OC12CC3CC(C1)CC(/C([O-])=N\S(=O)(=O)c1ccccc1OC(F)(F)F)(C3)C2. The van der Waals surface area contributed by atoms with Crippen LogP contribution in [0.25, 0.3) is 0 Å². The minimum Gasteiger partial charge on any atom is -0.861 e. The molecule has 1 aromatic rings. The number of hydrogen-bond acceptors (Lipinski definition) is 6. The Morgan fingerprint density at radius 3 is 2.31 bits per heavy atom. The topological polar surface area (TPSA) is 105 Å². The van der Waals surface area contributed by atoms with Gasteiger partial charge in [0.2, 0.25) is 0 Å². The van der Waals surface area contributed by atoms with Crippen LogP contribution in [0.3, 0.4) is 0 Å². The maximum atomic E-state index is 13.4. The van der Waals surface area contributed by atoms with Crippen molar-refractivity contribution < 1.29 is 41.0 Å². The predicted molar refractivity (Wildman–Crippen MR) is 118 cm³/mol. The summed E-state index contributed by atoms with van der Waals surface area (Å²) in [5.74, 6) is -2.04. The van der Waals surface area contributed by atoms with Crippen LogP contribution in [0, 0.1) is 22.7 Å². The summed E-state index contributed by atoms with van der Waals surface area (Å²) in [4.78, 5) is 12.1. The fraction of sp³-hybridized carbons (Fsp3) is 0.667. The van der Waals surface area contributed by atoms with Crippen LogP contribution >= 0.6 is 0 Å². The van der Waals surface area contributed by atoms with E-state index in [0.29, 0.717) is 32.1 Å². The molecule has 0 aromatic heterocycles. The van der Waals surface area contributed by atoms with Crippen LogP contribution in [0.2, 0.25) is 0 Å². The van der Waals surface area contributed by atoms with Gasteiger partial charge in [0, 0.05) is 5.41 Å². The van der Waals surface area contributed by atoms with Crippen molar-refractivity contribution in [1.82, 2.24) is 0 Å². The molecule has 0 heterocycles. The van der Waals surface area contributed by atoms with Crippen molar-refractivity contribution in [1.29, 1.82) is 0 Å². The van der Waals surface area contributed by atoms with Gasteiger partial charge >= 0.3 is 12.3 Å². The summed E-state index contributed by atoms with van der Waals surface area (Å²) in [7, 11) is -4.78. The first-order chi connectivity index (χ1) is 16.1. The van der Waals surface area contributed by atoms with Gasteiger partial charge in [-0.15, -0.1) is 13.2 Å². The Hall–Kier alpha value is -2.30. The quantitative estimate of drug-likeness (QED) is 0.303. The van der Waals surface area contributed by atoms with Crippen molar-refractivity contribution in [3.05, 3.63) is 24.3 Å². The summed E-state index contributed by atoms with van der Waals surface area (Å²) in [6, 6.07) is 4.19. The van der Waals surface area contributed by atoms with Crippen molar-refractivity contribution in [3.8, 4) is 5.75 Å². The first-order valence-electron chi connectivity index (χ1n) is 11.7. The van der Waals surface area contributed by atoms with Gasteiger partial charge in [-0.1, -0.05) is 19.1 Å². The smallest absolute Gasteiger partial charge is 0.573 e. The number of esters is 1. The zero-order chi connectivity index (χ0) is 25.9. The number of benzene rings is 1. The molecule has 7 nitrogen and oxygen atoms in total. The van der Waals surface area contributed by atoms with E-state index in [0.717, 1.165) is 18.6 Å². The fourth-order valence-corrected chi connectivity index (χ4v) is 7.28. The van der Waals surface area contributed by atoms with Crippen molar-refractivity contribution in [3.63, 3.8) is 0 Å². The number of sulfonamides is 1. The third-order valence-corrected chi connectivity index (χ3v) is 9.06. The summed E-state index contributed by atoms with van der Waals surface area (Å²) in [6.07, 6.45) is -1.46. The summed E-state index contributed by atoms with van der Waals surface area (Å²) < 4.78 is 77.6. The van der Waals surface area contributed by atoms with Crippen LogP contribution in [0.4, 0.5) is 13.2 Å². The summed E-state index contributed by atoms with van der Waals surface area (Å²) in [5.41, 5.74) is -2.69. The highest BCUT2D eigenvalue weighted by molar-refractivity contribution is 7.90. The second-order valence-electron chi connectivity index (χ2n) is 10.9. The average molecular weight is 517 g/mol. The number of para-hydroxylation sites is 1. The Bertz CT molecular complexity index is 1130. The van der Waals surface area contributed by atoms with E-state index < -0.39 is 49.4 Å². The van der Waals surface area contributed by atoms with Crippen LogP contribution in [-0.2, 0) is 19.6 Å². The minimum absolute atomic E-state index is 0.0801. The van der Waals surface area contributed by atoms with Gasteiger partial charge in [0.15, 0.2) is 0 Å². The number of ether oxygens (including phenoxy) is 2. The zero-order valence-corrected chi connectivity index (χ0v) is 20.7. The molecule has 194 valence electrons. The predicted octanol–water partition coefficient (Wildman–Crippen LogP) is 4.35. The monoisotopic (exact) mass is 516 g/mol. The van der Waals surface area contributed by atoms with Gasteiger partial charge in [-0.3, -0.25) is 4.79 Å². The molecule has 0 aliphatic heterocycles. The van der Waals surface area contributed by atoms with E-state index in [2.05, 4.69) is 9.13 Å². The zero-order valence-electron chi connectivity index (χ0n) is 19.9. The van der Waals surface area contributed by atoms with Gasteiger partial charge in [-0.25, -0.2) is 0 Å². The molecule has 11 heteroatoms. The van der Waals surface area contributed by atoms with E-state index in [-0.39, 0.29) is 24.2 Å². The molecule has 0 spiro atoms. The summed E-state index contributed by atoms with van der Waals surface area (Å²) in [5, 5.41) is 13.4. The maximum Gasteiger partial charge on any atom is 0.573 e. The Labute approximate surface area is 202 Å². The second-order valence-corrected chi connectivity index (χ2v) is 12.5. The molecule has 0 saturated heterocycles. The first-order valence-corrected chi connectivity index (χ1v) is 13.1. The third kappa shape index (κ3) is 5.01. The molecule has 2 atom stereocenters. The largest absolute Gasteiger partial charge is 0.861 e. The molecule has 2 unspecified atom stereocenters. The molecule has 4 fully saturated rings. The van der Waals surface area contributed by atoms with Crippen molar-refractivity contribution >= 4 is 21.9 Å². The Kier molecular flexibility index (Phi) is 6.18. The molecule has 4 bridgehead atoms. The van der Waals surface area contributed by atoms with Crippen LogP contribution in [0.5, 0.6) is 5.75 Å². The molecule has 4 aliphatic rings. The minimum atomic E-state index is -5.11. The van der Waals surface area contributed by atoms with Crippen LogP contribution in [0.1, 0.15) is 65.7 Å². The average Bonchev–Trinajstić information content (AvgIpc) is 2.71. The Balaban J connectivity index is 1.66. The lowest BCUT2D eigenvalue weighted by molar-refractivity contribution is -0.275. The molecule has 4 saturated carbocycles. The van der Waals surface area contributed by atoms with Crippen LogP contribution < -0.4 is 9.84 Å². The number of hydrogen-bond donors (Lipinski definition) is 0. The van der Waals surface area contributed by atoms with Gasteiger partial charge in [0.25, 0.3) is 10.0 Å². The molecular weight excluding hydrogens is 487 g/mol. The normalized spacial score (nSPS) is 30.9. The van der Waals surface area contributed by atoms with Crippen molar-refractivity contribution in [2.24, 2.45) is 27.1 Å². The summed E-state index contributed by atoms with van der Waals surface area (Å²) >= 11 is 0. The van der Waals surface area contributed by atoms with Gasteiger partial charge < -0.3 is 14.6 Å². The molecular formula is C24H29F3NO6S-. The van der Waals surface area contributed by atoms with E-state index in [4.69, 9.17) is 4.74 Å². The Morgan fingerprint density at radius 2 is 1.74 bits per heavy atom. The van der Waals surface area contributed by atoms with Crippen LogP contribution in [0.15, 0.2) is 33.6 Å². The van der Waals surface area contributed by atoms with Gasteiger partial charge in [0.1, 0.15) is 16.2 Å². The van der Waals surface area contributed by atoms with Gasteiger partial charge in [0.05, 0.1) is 5.41 Å². The Morgan fingerprint density at radius 1 is 1.14 bits per heavy atom. The summed E-state index contributed by atoms with van der Waals surface area (Å²) in [6.45, 7) is 5.47. The fourth-order valence-electron chi connectivity index (χ4n) is 6.15. The van der Waals surface area contributed by atoms with Gasteiger partial charge in [-0.2, -0.15) is 12.8 Å². The molecule has 0 amide bonds. The van der Waals surface area contributed by atoms with Crippen molar-refractivity contribution in [2.75, 3.05) is 0 Å². The molecule has 1 aromatic carbocycles. The van der Waals surface area contributed by atoms with Gasteiger partial charge in [-0.05, 0) is 88.7 Å². The molecule has 35 heavy (non-hydrogen) atoms. The standard InChI is InChI=1S/C24H30F3NO6S/c1-4-21(2,3)20(30)34-23-12-15-9-16(13-23)11-22(10-15,14-23)19(29)28-35(31,32)18-8-6-5-7-17(18)33-24(25,26)27/h5-8,15-16H,4,9-14H2,1-3H3,(H,28,29)/p-1. The van der Waals surface area contributed by atoms with E-state index >= 15 is 0 Å². The number of alkyl halides is 3. The maximum absolute atomic E-state index is 13.4. The number of carbonyl (C=O) groups is 1. The number of nitrogens with zero attached hydrogens (tertiary/aromatic N) is 1. The number of halogens is 3. The van der Waals surface area contributed by atoms with E-state index in [9.17, 15) is 31.5 Å². The number of rotatable bonds is 7. The van der Waals surface area contributed by atoms with E-state index in [1.165, 1.54) is 12.1 Å². The van der Waals surface area contributed by atoms with Crippen molar-refractivity contribution in [2.45, 2.75) is 82.6 Å². The highest BCUT2D eigenvalue weighted by Gasteiger charge is 2.60. The lowest BCUT2D eigenvalue weighted by atomic mass is 9.47. The lowest BCUT2D eigenvalue weighted by Crippen LogP contribution is -2.62. The lowest BCUT2D eigenvalue weighted by Gasteiger charge is -2.62. The highest BCUT2D eigenvalue weighted by Crippen LogP contribution is 2.63. The molecule has 4 aliphatic carbocycles. The van der Waals surface area contributed by atoms with E-state index in [1.807, 2.05) is 6.92 Å². The molecule has 0 N–H and O–H groups in total. The second kappa shape index (κ2) is 8.38. The number of carbonyl (C=O) groups excluding carboxylic acids is 1. The van der Waals surface area contributed by atoms with E-state index in [1.54, 1.807) is 13.8 Å². The highest BCUT2D eigenvalue weighted by atomic mass is 32.2. The van der Waals surface area contributed by atoms with Crippen LogP contribution in [-0.4, -0.2) is 32.2 Å². The molecule has 5 rings (SSSR count).